The molecule has 1 heterocycles. The fourth-order valence-electron chi connectivity index (χ4n) is 5.42. The molecule has 0 radical (unpaired) electrons. The van der Waals surface area contributed by atoms with Gasteiger partial charge in [0, 0.05) is 43.1 Å². The van der Waals surface area contributed by atoms with E-state index in [9.17, 15) is 13.8 Å². The molecule has 6 nitrogen and oxygen atoms in total. The van der Waals surface area contributed by atoms with Crippen molar-refractivity contribution in [2.45, 2.75) is 71.7 Å². The van der Waals surface area contributed by atoms with Crippen molar-refractivity contribution >= 4 is 7.37 Å². The van der Waals surface area contributed by atoms with Gasteiger partial charge in [-0.25, -0.2) is 9.37 Å². The molecule has 2 atom stereocenters. The summed E-state index contributed by atoms with van der Waals surface area (Å²) in [6.45, 7) is 11.1. The number of rotatable bonds is 13. The van der Waals surface area contributed by atoms with Crippen LogP contribution in [0.3, 0.4) is 0 Å². The second-order valence-corrected chi connectivity index (χ2v) is 14.1. The fraction of sp³-hybridized carbons (Fsp3) is 0.469. The molecule has 0 amide bonds. The molecular formula is C32H42FN2O4P. The van der Waals surface area contributed by atoms with Gasteiger partial charge in [0.05, 0.1) is 13.3 Å². The highest BCUT2D eigenvalue weighted by Crippen LogP contribution is 2.50. The summed E-state index contributed by atoms with van der Waals surface area (Å²) in [5.41, 5.74) is 4.29. The summed E-state index contributed by atoms with van der Waals surface area (Å²) < 4.78 is 38.7. The van der Waals surface area contributed by atoms with Crippen molar-refractivity contribution in [1.29, 1.82) is 0 Å². The third-order valence-electron chi connectivity index (χ3n) is 7.60. The van der Waals surface area contributed by atoms with Crippen LogP contribution in [0.1, 0.15) is 63.1 Å². The van der Waals surface area contributed by atoms with E-state index in [1.807, 2.05) is 36.4 Å². The zero-order valence-corrected chi connectivity index (χ0v) is 25.3. The van der Waals surface area contributed by atoms with Gasteiger partial charge < -0.3 is 14.4 Å². The van der Waals surface area contributed by atoms with E-state index in [-0.39, 0.29) is 5.92 Å². The van der Waals surface area contributed by atoms with Crippen molar-refractivity contribution in [2.24, 2.45) is 5.92 Å². The van der Waals surface area contributed by atoms with Crippen LogP contribution in [0.25, 0.3) is 11.1 Å². The van der Waals surface area contributed by atoms with E-state index in [0.29, 0.717) is 48.8 Å². The van der Waals surface area contributed by atoms with E-state index in [0.717, 1.165) is 40.8 Å². The van der Waals surface area contributed by atoms with Crippen LogP contribution in [0.4, 0.5) is 4.39 Å². The number of hydrogen-bond acceptors (Lipinski definition) is 5. The predicted molar refractivity (Wildman–Crippen MR) is 159 cm³/mol. The van der Waals surface area contributed by atoms with Crippen molar-refractivity contribution in [3.63, 3.8) is 0 Å². The maximum absolute atomic E-state index is 15.0. The largest absolute Gasteiger partial charge is 0.489 e. The number of benzene rings is 2. The topological polar surface area (TPSA) is 71.9 Å². The Morgan fingerprint density at radius 3 is 2.42 bits per heavy atom. The highest BCUT2D eigenvalue weighted by atomic mass is 31.2. The molecule has 216 valence electrons. The normalized spacial score (nSPS) is 15.9. The Morgan fingerprint density at radius 2 is 1.80 bits per heavy atom. The lowest BCUT2D eigenvalue weighted by molar-refractivity contribution is 0.166. The van der Waals surface area contributed by atoms with E-state index < -0.39 is 13.2 Å². The maximum atomic E-state index is 15.0. The Labute approximate surface area is 238 Å². The molecule has 1 aliphatic rings. The zero-order chi connectivity index (χ0) is 29.0. The highest BCUT2D eigenvalue weighted by Gasteiger charge is 2.35. The molecular weight excluding hydrogens is 526 g/mol. The third-order valence-corrected chi connectivity index (χ3v) is 8.67. The van der Waals surface area contributed by atoms with Crippen molar-refractivity contribution in [3.05, 3.63) is 77.2 Å². The summed E-state index contributed by atoms with van der Waals surface area (Å²) in [5.74, 6) is 1.23. The molecule has 1 fully saturated rings. The summed E-state index contributed by atoms with van der Waals surface area (Å²) in [5, 5.41) is 0. The average molecular weight is 569 g/mol. The molecule has 2 aromatic carbocycles. The molecule has 0 spiro atoms. The van der Waals surface area contributed by atoms with Crippen LogP contribution in [-0.4, -0.2) is 46.8 Å². The smallest absolute Gasteiger partial charge is 0.213 e. The van der Waals surface area contributed by atoms with E-state index in [2.05, 4.69) is 43.6 Å². The second kappa shape index (κ2) is 12.8. The van der Waals surface area contributed by atoms with Gasteiger partial charge in [-0.1, -0.05) is 30.3 Å². The van der Waals surface area contributed by atoms with E-state index in [1.54, 1.807) is 6.07 Å². The van der Waals surface area contributed by atoms with Crippen LogP contribution in [0.15, 0.2) is 54.7 Å². The molecule has 0 aliphatic heterocycles. The number of ether oxygens (including phenoxy) is 2. The van der Waals surface area contributed by atoms with Gasteiger partial charge in [-0.05, 0) is 86.8 Å². The first kappa shape index (κ1) is 30.2. The molecule has 1 saturated carbocycles. The van der Waals surface area contributed by atoms with Crippen molar-refractivity contribution in [3.8, 4) is 22.8 Å². The Hall–Kier alpha value is -2.73. The molecule has 3 aromatic rings. The molecule has 0 bridgehead atoms. The summed E-state index contributed by atoms with van der Waals surface area (Å²) in [4.78, 5) is 16.4. The first-order valence-corrected chi connectivity index (χ1v) is 16.3. The predicted octanol–water partition coefficient (Wildman–Crippen LogP) is 7.49. The lowest BCUT2D eigenvalue weighted by atomic mass is 9.96. The Bertz CT molecular complexity index is 1340. The quantitative estimate of drug-likeness (QED) is 0.216. The molecule has 40 heavy (non-hydrogen) atoms. The van der Waals surface area contributed by atoms with Crippen molar-refractivity contribution in [1.82, 2.24) is 9.88 Å². The van der Waals surface area contributed by atoms with Gasteiger partial charge in [-0.3, -0.25) is 9.46 Å². The summed E-state index contributed by atoms with van der Waals surface area (Å²) in [7, 11) is -1.61. The van der Waals surface area contributed by atoms with Crippen LogP contribution < -0.4 is 9.47 Å². The third kappa shape index (κ3) is 7.93. The van der Waals surface area contributed by atoms with Crippen molar-refractivity contribution in [2.75, 3.05) is 19.9 Å². The number of aromatic nitrogens is 1. The number of hydrogen-bond donors (Lipinski definition) is 1. The number of pyridine rings is 1. The number of halogens is 1. The maximum Gasteiger partial charge on any atom is 0.213 e. The van der Waals surface area contributed by atoms with Crippen LogP contribution in [0, 0.1) is 11.7 Å². The molecule has 0 saturated heterocycles. The zero-order valence-electron chi connectivity index (χ0n) is 24.4. The highest BCUT2D eigenvalue weighted by molar-refractivity contribution is 7.57. The van der Waals surface area contributed by atoms with Gasteiger partial charge in [-0.2, -0.15) is 0 Å². The van der Waals surface area contributed by atoms with Gasteiger partial charge in [-0.15, -0.1) is 0 Å². The lowest BCUT2D eigenvalue weighted by Gasteiger charge is -2.31. The van der Waals surface area contributed by atoms with Crippen molar-refractivity contribution < 1.29 is 23.3 Å². The van der Waals surface area contributed by atoms with Crippen LogP contribution >= 0.6 is 7.37 Å². The lowest BCUT2D eigenvalue weighted by Crippen LogP contribution is -2.36. The minimum atomic E-state index is -3.13. The van der Waals surface area contributed by atoms with Crippen LogP contribution in [0.5, 0.6) is 11.6 Å². The first-order chi connectivity index (χ1) is 18.9. The molecule has 4 rings (SSSR count). The van der Waals surface area contributed by atoms with Gasteiger partial charge in [0.25, 0.3) is 0 Å². The average Bonchev–Trinajstić information content (AvgIpc) is 3.74. The fourth-order valence-corrected chi connectivity index (χ4v) is 6.66. The Balaban J connectivity index is 1.61. The van der Waals surface area contributed by atoms with Crippen LogP contribution in [-0.2, 0) is 17.7 Å². The number of nitrogens with zero attached hydrogens (tertiary/aromatic N) is 2. The van der Waals surface area contributed by atoms with E-state index in [1.165, 1.54) is 20.0 Å². The van der Waals surface area contributed by atoms with Gasteiger partial charge in [0.15, 0.2) is 7.37 Å². The van der Waals surface area contributed by atoms with E-state index >= 15 is 0 Å². The Kier molecular flexibility index (Phi) is 9.71. The van der Waals surface area contributed by atoms with Crippen LogP contribution in [0.2, 0.25) is 0 Å². The minimum Gasteiger partial charge on any atom is -0.489 e. The SMILES string of the molecule is COc1cc(-c2ccc(COc3cccc(C(CP(C)(=O)O)C4CC4)c3)cc2CN(C(C)C)C(C)C)c(F)cn1. The van der Waals surface area contributed by atoms with E-state index in [4.69, 9.17) is 9.47 Å². The van der Waals surface area contributed by atoms with Gasteiger partial charge in [0.2, 0.25) is 5.88 Å². The molecule has 1 N–H and O–H groups in total. The van der Waals surface area contributed by atoms with Gasteiger partial charge >= 0.3 is 0 Å². The summed E-state index contributed by atoms with van der Waals surface area (Å²) in [6, 6.07) is 16.2. The standard InChI is InChI=1S/C32H42FN2O4P/c1-21(2)35(22(3)4)18-26-14-23(10-13-28(26)29-16-32(38-5)34-17-31(29)33)19-39-27-9-7-8-25(15-27)30(24-11-12-24)20-40(6,36)37/h7-10,13-17,21-22,24,30H,11-12,18-20H2,1-6H3,(H,36,37). The Morgan fingerprint density at radius 1 is 1.07 bits per heavy atom. The molecule has 2 unspecified atom stereocenters. The number of methoxy groups -OCH3 is 1. The van der Waals surface area contributed by atoms with Gasteiger partial charge in [0.1, 0.15) is 18.2 Å². The summed E-state index contributed by atoms with van der Waals surface area (Å²) in [6.07, 6.45) is 3.69. The molecule has 8 heteroatoms. The molecule has 1 aromatic heterocycles. The molecule has 1 aliphatic carbocycles. The minimum absolute atomic E-state index is 0.0700. The second-order valence-electron chi connectivity index (χ2n) is 11.6. The summed E-state index contributed by atoms with van der Waals surface area (Å²) >= 11 is 0. The monoisotopic (exact) mass is 568 g/mol. The first-order valence-electron chi connectivity index (χ1n) is 14.0.